The standard InChI is InChI=1S/C37H48N4O8S/c1-8-24-19-37(24,30(42)21-50(46,47)26-14-15-26)40-33(44)29-16-25(48-31-18-28(38-22-39-31)23-12-10-9-11-13-23)20-41(29)34(45)27(35(2,3)4)17-32(43)49-36(5,6)7/h8-13,18,22,24-27,29H,1,14-17,19-21H2,2-7H3,(H,40,44)/t24-,25-,27-,29+,37-/m1/s1. The van der Waals surface area contributed by atoms with Crippen LogP contribution in [0.1, 0.15) is 73.6 Å². The molecular weight excluding hydrogens is 660 g/mol. The van der Waals surface area contributed by atoms with Crippen LogP contribution in [0.3, 0.4) is 0 Å². The van der Waals surface area contributed by atoms with Gasteiger partial charge in [0, 0.05) is 24.0 Å². The van der Waals surface area contributed by atoms with E-state index < -0.39 is 84.9 Å². The molecule has 1 aromatic heterocycles. The molecule has 0 radical (unpaired) electrons. The summed E-state index contributed by atoms with van der Waals surface area (Å²) in [7, 11) is -3.64. The minimum atomic E-state index is -3.64. The maximum atomic E-state index is 14.4. The molecule has 1 aliphatic heterocycles. The molecule has 12 nitrogen and oxygen atoms in total. The second-order valence-electron chi connectivity index (χ2n) is 15.7. The summed E-state index contributed by atoms with van der Waals surface area (Å²) in [6, 6.07) is 10.1. The molecule has 1 saturated heterocycles. The van der Waals surface area contributed by atoms with Crippen molar-refractivity contribution in [2.24, 2.45) is 17.3 Å². The number of Topliss-reactive ketones (excluding diaryl/α,β-unsaturated/α-hetero) is 1. The summed E-state index contributed by atoms with van der Waals surface area (Å²) in [5.41, 5.74) is -1.38. The Hall–Kier alpha value is -4.13. The van der Waals surface area contributed by atoms with Crippen LogP contribution in [0, 0.1) is 17.3 Å². The van der Waals surface area contributed by atoms with Crippen LogP contribution in [0.25, 0.3) is 11.3 Å². The summed E-state index contributed by atoms with van der Waals surface area (Å²) in [6.45, 7) is 14.6. The Morgan fingerprint density at radius 3 is 2.34 bits per heavy atom. The van der Waals surface area contributed by atoms with Gasteiger partial charge >= 0.3 is 5.97 Å². The van der Waals surface area contributed by atoms with Crippen molar-refractivity contribution in [1.29, 1.82) is 0 Å². The number of amides is 2. The molecule has 0 unspecified atom stereocenters. The number of benzene rings is 1. The number of esters is 1. The second-order valence-corrected chi connectivity index (χ2v) is 18.0. The Labute approximate surface area is 294 Å². The van der Waals surface area contributed by atoms with E-state index in [1.807, 2.05) is 51.1 Å². The lowest BCUT2D eigenvalue weighted by Gasteiger charge is -2.35. The number of rotatable bonds is 13. The third kappa shape index (κ3) is 8.59. The number of carbonyl (C=O) groups excluding carboxylic acids is 4. The van der Waals surface area contributed by atoms with Crippen molar-refractivity contribution < 1.29 is 37.1 Å². The molecule has 1 N–H and O–H groups in total. The first kappa shape index (κ1) is 37.1. The van der Waals surface area contributed by atoms with Gasteiger partial charge in [-0.2, -0.15) is 0 Å². The lowest BCUT2D eigenvalue weighted by atomic mass is 9.77. The molecular formula is C37H48N4O8S. The Morgan fingerprint density at radius 2 is 1.76 bits per heavy atom. The number of sulfone groups is 1. The van der Waals surface area contributed by atoms with Crippen LogP contribution >= 0.6 is 0 Å². The minimum absolute atomic E-state index is 0.00435. The van der Waals surface area contributed by atoms with Gasteiger partial charge in [-0.25, -0.2) is 18.4 Å². The van der Waals surface area contributed by atoms with E-state index in [1.54, 1.807) is 32.9 Å². The number of likely N-dealkylation sites (tertiary alicyclic amines) is 1. The molecule has 1 aromatic carbocycles. The number of nitrogens with one attached hydrogen (secondary N) is 1. The van der Waals surface area contributed by atoms with Gasteiger partial charge in [-0.1, -0.05) is 57.2 Å². The van der Waals surface area contributed by atoms with E-state index in [0.717, 1.165) is 5.56 Å². The first-order valence-electron chi connectivity index (χ1n) is 17.1. The average molecular weight is 709 g/mol. The van der Waals surface area contributed by atoms with Crippen molar-refractivity contribution in [1.82, 2.24) is 20.2 Å². The van der Waals surface area contributed by atoms with Crippen molar-refractivity contribution in [2.45, 2.75) is 102 Å². The normalized spacial score (nSPS) is 24.2. The largest absolute Gasteiger partial charge is 0.472 e. The highest BCUT2D eigenvalue weighted by atomic mass is 32.2. The van der Waals surface area contributed by atoms with Gasteiger partial charge < -0.3 is 19.7 Å². The van der Waals surface area contributed by atoms with Gasteiger partial charge in [-0.15, -0.1) is 6.58 Å². The quantitative estimate of drug-likeness (QED) is 0.237. The summed E-state index contributed by atoms with van der Waals surface area (Å²) in [5.74, 6) is -3.88. The molecule has 2 saturated carbocycles. The zero-order valence-electron chi connectivity index (χ0n) is 29.7. The Kier molecular flexibility index (Phi) is 10.3. The molecule has 2 aromatic rings. The van der Waals surface area contributed by atoms with Crippen LogP contribution < -0.4 is 10.1 Å². The number of hydrogen-bond acceptors (Lipinski definition) is 10. The fraction of sp³-hybridized carbons (Fsp3) is 0.568. The number of ketones is 1. The van der Waals surface area contributed by atoms with Crippen LogP contribution in [0.4, 0.5) is 0 Å². The highest BCUT2D eigenvalue weighted by molar-refractivity contribution is 7.93. The van der Waals surface area contributed by atoms with Crippen LogP contribution in [-0.4, -0.2) is 87.7 Å². The van der Waals surface area contributed by atoms with Gasteiger partial charge in [0.05, 0.1) is 29.8 Å². The fourth-order valence-corrected chi connectivity index (χ4v) is 8.21. The molecule has 0 spiro atoms. The first-order valence-corrected chi connectivity index (χ1v) is 18.8. The van der Waals surface area contributed by atoms with Crippen molar-refractivity contribution in [2.75, 3.05) is 12.3 Å². The summed E-state index contributed by atoms with van der Waals surface area (Å²) in [5, 5.41) is 2.33. The Bertz CT molecular complexity index is 1750. The molecule has 13 heteroatoms. The van der Waals surface area contributed by atoms with Crippen LogP contribution in [0.2, 0.25) is 0 Å². The van der Waals surface area contributed by atoms with Crippen molar-refractivity contribution in [3.05, 3.63) is 55.4 Å². The smallest absolute Gasteiger partial charge is 0.307 e. The number of aromatic nitrogens is 2. The van der Waals surface area contributed by atoms with E-state index in [-0.39, 0.29) is 31.7 Å². The number of ether oxygens (including phenoxy) is 2. The molecule has 0 bridgehead atoms. The minimum Gasteiger partial charge on any atom is -0.472 e. The molecule has 5 rings (SSSR count). The molecule has 3 aliphatic rings. The summed E-state index contributed by atoms with van der Waals surface area (Å²) in [4.78, 5) is 65.2. The third-order valence-electron chi connectivity index (χ3n) is 9.49. The van der Waals surface area contributed by atoms with E-state index in [0.29, 0.717) is 18.5 Å². The highest BCUT2D eigenvalue weighted by Gasteiger charge is 2.61. The number of carbonyl (C=O) groups is 4. The van der Waals surface area contributed by atoms with Crippen LogP contribution in [0.5, 0.6) is 5.88 Å². The molecule has 5 atom stereocenters. The van der Waals surface area contributed by atoms with E-state index in [4.69, 9.17) is 9.47 Å². The van der Waals surface area contributed by atoms with Crippen molar-refractivity contribution in [3.63, 3.8) is 0 Å². The van der Waals surface area contributed by atoms with E-state index in [9.17, 15) is 27.6 Å². The Balaban J connectivity index is 1.42. The zero-order valence-corrected chi connectivity index (χ0v) is 30.5. The zero-order chi connectivity index (χ0) is 36.6. The predicted octanol–water partition coefficient (Wildman–Crippen LogP) is 4.09. The predicted molar refractivity (Wildman–Crippen MR) is 186 cm³/mol. The highest BCUT2D eigenvalue weighted by Crippen LogP contribution is 2.46. The third-order valence-corrected chi connectivity index (χ3v) is 11.6. The molecule has 2 amide bonds. The van der Waals surface area contributed by atoms with Gasteiger partial charge in [-0.05, 0) is 45.4 Å². The van der Waals surface area contributed by atoms with E-state index in [2.05, 4.69) is 21.9 Å². The topological polar surface area (TPSA) is 162 Å². The first-order chi connectivity index (χ1) is 23.3. The number of hydrogen-bond donors (Lipinski definition) is 1. The van der Waals surface area contributed by atoms with Gasteiger partial charge in [0.25, 0.3) is 0 Å². The molecule has 2 aliphatic carbocycles. The summed E-state index contributed by atoms with van der Waals surface area (Å²) >= 11 is 0. The van der Waals surface area contributed by atoms with Gasteiger partial charge in [0.2, 0.25) is 17.7 Å². The molecule has 50 heavy (non-hydrogen) atoms. The molecule has 3 fully saturated rings. The molecule has 2 heterocycles. The monoisotopic (exact) mass is 708 g/mol. The fourth-order valence-electron chi connectivity index (χ4n) is 6.50. The van der Waals surface area contributed by atoms with E-state index >= 15 is 0 Å². The van der Waals surface area contributed by atoms with Gasteiger partial charge in [0.1, 0.15) is 35.4 Å². The second kappa shape index (κ2) is 13.9. The number of nitrogens with zero attached hydrogens (tertiary/aromatic N) is 3. The van der Waals surface area contributed by atoms with Crippen molar-refractivity contribution >= 4 is 33.4 Å². The van der Waals surface area contributed by atoms with Crippen LogP contribution in [-0.2, 0) is 33.8 Å². The lowest BCUT2D eigenvalue weighted by molar-refractivity contribution is -0.161. The van der Waals surface area contributed by atoms with Crippen molar-refractivity contribution in [3.8, 4) is 17.1 Å². The summed E-state index contributed by atoms with van der Waals surface area (Å²) < 4.78 is 37.3. The van der Waals surface area contributed by atoms with Gasteiger partial charge in [-0.3, -0.25) is 19.2 Å². The SMILES string of the molecule is C=C[C@@H]1C[C@]1(NC(=O)[C@@H]1C[C@@H](Oc2cc(-c3ccccc3)ncn2)CN1C(=O)[C@@H](CC(=O)OC(C)(C)C)C(C)(C)C)C(=O)CS(=O)(=O)C1CC1. The van der Waals surface area contributed by atoms with E-state index in [1.165, 1.54) is 11.2 Å². The van der Waals surface area contributed by atoms with Crippen LogP contribution in [0.15, 0.2) is 55.4 Å². The van der Waals surface area contributed by atoms with Gasteiger partial charge in [0.15, 0.2) is 15.6 Å². The maximum Gasteiger partial charge on any atom is 0.307 e. The summed E-state index contributed by atoms with van der Waals surface area (Å²) in [6.07, 6.45) is 3.37. The lowest BCUT2D eigenvalue weighted by Crippen LogP contribution is -2.55. The molecule has 270 valence electrons. The maximum absolute atomic E-state index is 14.4. The Morgan fingerprint density at radius 1 is 1.08 bits per heavy atom. The average Bonchev–Trinajstić information content (AvgIpc) is 3.96.